The summed E-state index contributed by atoms with van der Waals surface area (Å²) in [7, 11) is 3.06. The quantitative estimate of drug-likeness (QED) is 0.509. The third-order valence-electron chi connectivity index (χ3n) is 4.24. The monoisotopic (exact) mass is 452 g/mol. The van der Waals surface area contributed by atoms with E-state index in [-0.39, 0.29) is 5.69 Å². The number of carbonyl (C=O) groups excluding carboxylic acids is 1. The van der Waals surface area contributed by atoms with Crippen LogP contribution in [0.4, 0.5) is 18.9 Å². The second-order valence-corrected chi connectivity index (χ2v) is 7.67. The number of anilines is 1. The van der Waals surface area contributed by atoms with E-state index in [0.717, 1.165) is 23.9 Å². The zero-order valence-electron chi connectivity index (χ0n) is 16.8. The van der Waals surface area contributed by atoms with E-state index >= 15 is 0 Å². The Morgan fingerprint density at radius 2 is 1.94 bits per heavy atom. The highest BCUT2D eigenvalue weighted by molar-refractivity contribution is 8.00. The van der Waals surface area contributed by atoms with Crippen LogP contribution < -0.4 is 14.8 Å². The van der Waals surface area contributed by atoms with E-state index in [1.165, 1.54) is 19.2 Å². The molecule has 0 saturated carbocycles. The third-order valence-corrected chi connectivity index (χ3v) is 5.20. The lowest BCUT2D eigenvalue weighted by atomic mass is 10.2. The van der Waals surface area contributed by atoms with Crippen LogP contribution in [0.15, 0.2) is 47.6 Å². The van der Waals surface area contributed by atoms with Crippen molar-refractivity contribution < 1.29 is 27.4 Å². The van der Waals surface area contributed by atoms with E-state index in [1.807, 2.05) is 0 Å². The number of ether oxygens (including phenoxy) is 2. The highest BCUT2D eigenvalue weighted by atomic mass is 32.2. The number of thioether (sulfide) groups is 1. The summed E-state index contributed by atoms with van der Waals surface area (Å²) in [6.07, 6.45) is -4.49. The molecule has 0 radical (unpaired) electrons. The number of H-pyrrole nitrogens is 1. The number of rotatable bonds is 7. The first-order valence-corrected chi connectivity index (χ1v) is 9.89. The van der Waals surface area contributed by atoms with Crippen LogP contribution in [0.3, 0.4) is 0 Å². The van der Waals surface area contributed by atoms with Gasteiger partial charge in [0, 0.05) is 11.8 Å². The van der Waals surface area contributed by atoms with E-state index in [4.69, 9.17) is 9.47 Å². The maximum Gasteiger partial charge on any atom is 0.416 e. The van der Waals surface area contributed by atoms with Crippen LogP contribution in [0.5, 0.6) is 11.5 Å². The van der Waals surface area contributed by atoms with E-state index in [0.29, 0.717) is 28.0 Å². The fourth-order valence-corrected chi connectivity index (χ4v) is 3.37. The molecule has 2 aromatic carbocycles. The fraction of sp³-hybridized carbons (Fsp3) is 0.250. The zero-order valence-corrected chi connectivity index (χ0v) is 17.6. The van der Waals surface area contributed by atoms with Gasteiger partial charge >= 0.3 is 6.18 Å². The van der Waals surface area contributed by atoms with Crippen molar-refractivity contribution in [2.45, 2.75) is 23.5 Å². The van der Waals surface area contributed by atoms with Crippen LogP contribution in [0.1, 0.15) is 12.5 Å². The third kappa shape index (κ3) is 5.48. The molecule has 1 aromatic heterocycles. The Bertz CT molecular complexity index is 1070. The summed E-state index contributed by atoms with van der Waals surface area (Å²) in [5.41, 5.74) is -0.118. The highest BCUT2D eigenvalue weighted by Crippen LogP contribution is 2.33. The second kappa shape index (κ2) is 9.29. The van der Waals surface area contributed by atoms with Gasteiger partial charge in [0.05, 0.1) is 30.6 Å². The molecule has 1 amide bonds. The normalized spacial score (nSPS) is 12.3. The molecule has 31 heavy (non-hydrogen) atoms. The van der Waals surface area contributed by atoms with Crippen molar-refractivity contribution in [3.8, 4) is 22.9 Å². The molecule has 0 bridgehead atoms. The van der Waals surface area contributed by atoms with Gasteiger partial charge in [0.15, 0.2) is 5.82 Å². The molecule has 2 N–H and O–H groups in total. The number of nitrogens with one attached hydrogen (secondary N) is 2. The topological polar surface area (TPSA) is 89.1 Å². The van der Waals surface area contributed by atoms with Gasteiger partial charge in [0.1, 0.15) is 11.5 Å². The molecule has 3 aromatic rings. The summed E-state index contributed by atoms with van der Waals surface area (Å²) in [6.45, 7) is 1.61. The predicted octanol–water partition coefficient (Wildman–Crippen LogP) is 4.63. The Balaban J connectivity index is 1.69. The molecule has 1 unspecified atom stereocenters. The van der Waals surface area contributed by atoms with Crippen LogP contribution in [0.25, 0.3) is 11.4 Å². The number of aromatic amines is 1. The zero-order chi connectivity index (χ0) is 22.6. The molecule has 0 spiro atoms. The lowest BCUT2D eigenvalue weighted by Crippen LogP contribution is -2.22. The van der Waals surface area contributed by atoms with Crippen molar-refractivity contribution in [2.24, 2.45) is 0 Å². The molecule has 0 aliphatic carbocycles. The van der Waals surface area contributed by atoms with Crippen LogP contribution >= 0.6 is 11.8 Å². The number of methoxy groups -OCH3 is 2. The minimum absolute atomic E-state index is 0.0610. The molecule has 164 valence electrons. The number of hydrogen-bond donors (Lipinski definition) is 2. The van der Waals surface area contributed by atoms with Gasteiger partial charge in [-0.1, -0.05) is 17.8 Å². The van der Waals surface area contributed by atoms with E-state index in [2.05, 4.69) is 20.5 Å². The summed E-state index contributed by atoms with van der Waals surface area (Å²) in [4.78, 5) is 16.8. The molecule has 11 heteroatoms. The summed E-state index contributed by atoms with van der Waals surface area (Å²) in [6, 6.07) is 9.67. The Morgan fingerprint density at radius 3 is 2.61 bits per heavy atom. The van der Waals surface area contributed by atoms with Gasteiger partial charge in [-0.25, -0.2) is 4.98 Å². The van der Waals surface area contributed by atoms with Crippen LogP contribution in [-0.2, 0) is 11.0 Å². The highest BCUT2D eigenvalue weighted by Gasteiger charge is 2.30. The molecule has 1 heterocycles. The number of benzene rings is 2. The molecular formula is C20H19F3N4O3S. The number of carbonyl (C=O) groups is 1. The number of amides is 1. The lowest BCUT2D eigenvalue weighted by molar-refractivity contribution is -0.137. The Morgan fingerprint density at radius 1 is 1.16 bits per heavy atom. The Labute approximate surface area is 180 Å². The van der Waals surface area contributed by atoms with Crippen molar-refractivity contribution in [3.05, 3.63) is 48.0 Å². The number of halogens is 3. The summed E-state index contributed by atoms with van der Waals surface area (Å²) < 4.78 is 49.0. The maximum atomic E-state index is 12.8. The summed E-state index contributed by atoms with van der Waals surface area (Å²) >= 11 is 1.06. The van der Waals surface area contributed by atoms with Gasteiger partial charge in [0.2, 0.25) is 11.1 Å². The van der Waals surface area contributed by atoms with Crippen molar-refractivity contribution in [1.82, 2.24) is 15.2 Å². The van der Waals surface area contributed by atoms with Crippen molar-refractivity contribution in [2.75, 3.05) is 19.5 Å². The van der Waals surface area contributed by atoms with E-state index < -0.39 is 22.9 Å². The molecule has 3 rings (SSSR count). The summed E-state index contributed by atoms with van der Waals surface area (Å²) in [5.74, 6) is 1.11. The number of nitrogens with zero attached hydrogens (tertiary/aromatic N) is 2. The molecule has 0 fully saturated rings. The minimum Gasteiger partial charge on any atom is -0.497 e. The molecular weight excluding hydrogens is 433 g/mol. The first-order chi connectivity index (χ1) is 14.7. The largest absolute Gasteiger partial charge is 0.497 e. The predicted molar refractivity (Wildman–Crippen MR) is 110 cm³/mol. The number of hydrogen-bond acceptors (Lipinski definition) is 6. The SMILES string of the molecule is COc1ccc(-c2nc(SC(C)C(=O)Nc3cccc(C(F)(F)F)c3)n[nH]2)c(OC)c1. The van der Waals surface area contributed by atoms with E-state index in [9.17, 15) is 18.0 Å². The van der Waals surface area contributed by atoms with Gasteiger partial charge in [-0.3, -0.25) is 9.89 Å². The molecule has 1 atom stereocenters. The molecule has 0 saturated heterocycles. The van der Waals surface area contributed by atoms with Gasteiger partial charge in [-0.15, -0.1) is 5.10 Å². The van der Waals surface area contributed by atoms with Gasteiger partial charge in [-0.05, 0) is 37.3 Å². The van der Waals surface area contributed by atoms with Crippen LogP contribution in [0, 0.1) is 0 Å². The maximum absolute atomic E-state index is 12.8. The standard InChI is InChI=1S/C20H19F3N4O3S/c1-11(18(28)24-13-6-4-5-12(9-13)20(21,22)23)31-19-25-17(26-27-19)15-8-7-14(29-2)10-16(15)30-3/h4-11H,1-3H3,(H,24,28)(H,25,26,27). The smallest absolute Gasteiger partial charge is 0.416 e. The fourth-order valence-electron chi connectivity index (χ4n) is 2.64. The van der Waals surface area contributed by atoms with Gasteiger partial charge < -0.3 is 14.8 Å². The molecule has 0 aliphatic heterocycles. The van der Waals surface area contributed by atoms with Crippen molar-refractivity contribution >= 4 is 23.4 Å². The second-order valence-electron chi connectivity index (χ2n) is 6.36. The van der Waals surface area contributed by atoms with E-state index in [1.54, 1.807) is 32.2 Å². The lowest BCUT2D eigenvalue weighted by Gasteiger charge is -2.12. The minimum atomic E-state index is -4.49. The average Bonchev–Trinajstić information content (AvgIpc) is 3.20. The molecule has 0 aliphatic rings. The number of alkyl halides is 3. The van der Waals surface area contributed by atoms with Crippen LogP contribution in [-0.4, -0.2) is 40.6 Å². The Kier molecular flexibility index (Phi) is 6.74. The molecule has 7 nitrogen and oxygen atoms in total. The van der Waals surface area contributed by atoms with Gasteiger partial charge in [0.25, 0.3) is 0 Å². The van der Waals surface area contributed by atoms with Crippen molar-refractivity contribution in [3.63, 3.8) is 0 Å². The first kappa shape index (κ1) is 22.5. The Hall–Kier alpha value is -3.21. The van der Waals surface area contributed by atoms with Crippen molar-refractivity contribution in [1.29, 1.82) is 0 Å². The van der Waals surface area contributed by atoms with Crippen LogP contribution in [0.2, 0.25) is 0 Å². The average molecular weight is 452 g/mol. The summed E-state index contributed by atoms with van der Waals surface area (Å²) in [5, 5.41) is 9.02. The number of aromatic nitrogens is 3. The van der Waals surface area contributed by atoms with Gasteiger partial charge in [-0.2, -0.15) is 13.2 Å². The first-order valence-electron chi connectivity index (χ1n) is 9.01.